The van der Waals surface area contributed by atoms with E-state index in [9.17, 15) is 8.42 Å². The molecule has 110 valence electrons. The lowest BCUT2D eigenvalue weighted by Crippen LogP contribution is -2.02. The predicted molar refractivity (Wildman–Crippen MR) is 78.2 cm³/mol. The second-order valence-corrected chi connectivity index (χ2v) is 6.96. The number of aromatic amines is 1. The first-order chi connectivity index (χ1) is 9.97. The van der Waals surface area contributed by atoms with E-state index in [4.69, 9.17) is 16.7 Å². The molecule has 21 heavy (non-hydrogen) atoms. The van der Waals surface area contributed by atoms with E-state index in [0.29, 0.717) is 29.1 Å². The first kappa shape index (κ1) is 14.0. The number of sulfone groups is 1. The number of aryl methyl sites for hydroxylation is 2. The van der Waals surface area contributed by atoms with Crippen LogP contribution < -0.4 is 0 Å². The lowest BCUT2D eigenvalue weighted by atomic mass is 10.3. The molecule has 9 heteroatoms. The molecule has 0 fully saturated rings. The van der Waals surface area contributed by atoms with E-state index < -0.39 is 9.84 Å². The second-order valence-electron chi connectivity index (χ2n) is 4.59. The van der Waals surface area contributed by atoms with E-state index in [2.05, 4.69) is 15.1 Å². The van der Waals surface area contributed by atoms with E-state index in [0.717, 1.165) is 5.52 Å². The summed E-state index contributed by atoms with van der Waals surface area (Å²) >= 11 is 5.28. The molecule has 0 saturated carbocycles. The smallest absolute Gasteiger partial charge is 0.228 e. The van der Waals surface area contributed by atoms with Crippen LogP contribution in [0.1, 0.15) is 5.89 Å². The SMILES string of the molecule is CS(=O)(=O)c1cccc2c1[nH]c(=S)n2CCc1ncno1. The van der Waals surface area contributed by atoms with Crippen LogP contribution in [-0.4, -0.2) is 34.4 Å². The van der Waals surface area contributed by atoms with Gasteiger partial charge in [0.15, 0.2) is 20.9 Å². The van der Waals surface area contributed by atoms with Gasteiger partial charge in [0.25, 0.3) is 0 Å². The van der Waals surface area contributed by atoms with Gasteiger partial charge in [-0.25, -0.2) is 8.42 Å². The normalized spacial score (nSPS) is 12.0. The van der Waals surface area contributed by atoms with E-state index in [-0.39, 0.29) is 4.90 Å². The second kappa shape index (κ2) is 5.08. The number of benzene rings is 1. The van der Waals surface area contributed by atoms with Crippen LogP contribution in [0.2, 0.25) is 0 Å². The zero-order valence-electron chi connectivity index (χ0n) is 11.1. The van der Waals surface area contributed by atoms with Crippen LogP contribution in [0.3, 0.4) is 0 Å². The summed E-state index contributed by atoms with van der Waals surface area (Å²) in [5, 5.41) is 3.54. The molecule has 0 aliphatic carbocycles. The average molecular weight is 324 g/mol. The van der Waals surface area contributed by atoms with Gasteiger partial charge >= 0.3 is 0 Å². The van der Waals surface area contributed by atoms with Gasteiger partial charge in [0.05, 0.1) is 15.9 Å². The number of nitrogens with one attached hydrogen (secondary N) is 1. The fourth-order valence-corrected chi connectivity index (χ4v) is 3.34. The maximum Gasteiger partial charge on any atom is 0.228 e. The van der Waals surface area contributed by atoms with Gasteiger partial charge in [-0.05, 0) is 24.4 Å². The van der Waals surface area contributed by atoms with Crippen molar-refractivity contribution in [3.05, 3.63) is 35.2 Å². The van der Waals surface area contributed by atoms with Crippen LogP contribution in [0.15, 0.2) is 33.9 Å². The fraction of sp³-hybridized carbons (Fsp3) is 0.250. The van der Waals surface area contributed by atoms with Crippen molar-refractivity contribution < 1.29 is 12.9 Å². The number of imidazole rings is 1. The molecular weight excluding hydrogens is 312 g/mol. The summed E-state index contributed by atoms with van der Waals surface area (Å²) in [7, 11) is -3.32. The molecule has 0 spiro atoms. The predicted octanol–water partition coefficient (Wildman–Crippen LogP) is 1.73. The highest BCUT2D eigenvalue weighted by Crippen LogP contribution is 2.22. The van der Waals surface area contributed by atoms with Crippen molar-refractivity contribution in [2.75, 3.05) is 6.26 Å². The standard InChI is InChI=1S/C12H12N4O3S2/c1-21(17,18)9-4-2-3-8-11(9)15-12(20)16(8)6-5-10-13-7-14-19-10/h2-4,7H,5-6H2,1H3,(H,15,20). The third-order valence-electron chi connectivity index (χ3n) is 3.13. The molecule has 2 heterocycles. The fourth-order valence-electron chi connectivity index (χ4n) is 2.20. The summed E-state index contributed by atoms with van der Waals surface area (Å²) in [6.45, 7) is 0.522. The average Bonchev–Trinajstić information content (AvgIpc) is 3.01. The van der Waals surface area contributed by atoms with Crippen molar-refractivity contribution in [3.63, 3.8) is 0 Å². The number of aromatic nitrogens is 4. The van der Waals surface area contributed by atoms with Crippen molar-refractivity contribution in [1.82, 2.24) is 19.7 Å². The highest BCUT2D eigenvalue weighted by molar-refractivity contribution is 7.91. The van der Waals surface area contributed by atoms with Gasteiger partial charge < -0.3 is 14.1 Å². The minimum absolute atomic E-state index is 0.239. The lowest BCUT2D eigenvalue weighted by molar-refractivity contribution is 0.371. The summed E-state index contributed by atoms with van der Waals surface area (Å²) in [5.74, 6) is 0.505. The summed E-state index contributed by atoms with van der Waals surface area (Å²) < 4.78 is 30.9. The van der Waals surface area contributed by atoms with Crippen molar-refractivity contribution in [2.24, 2.45) is 0 Å². The molecular formula is C12H12N4O3S2. The van der Waals surface area contributed by atoms with E-state index >= 15 is 0 Å². The topological polar surface area (TPSA) is 93.8 Å². The van der Waals surface area contributed by atoms with Crippen molar-refractivity contribution in [3.8, 4) is 0 Å². The molecule has 3 rings (SSSR count). The Morgan fingerprint density at radius 1 is 1.43 bits per heavy atom. The molecule has 3 aromatic rings. The Kier molecular flexibility index (Phi) is 3.38. The Hall–Kier alpha value is -2.00. The maximum atomic E-state index is 11.8. The van der Waals surface area contributed by atoms with Crippen molar-refractivity contribution in [1.29, 1.82) is 0 Å². The molecule has 0 aliphatic heterocycles. The first-order valence-corrected chi connectivity index (χ1v) is 8.44. The molecule has 1 N–H and O–H groups in total. The number of hydrogen-bond donors (Lipinski definition) is 1. The van der Waals surface area contributed by atoms with E-state index in [1.807, 2.05) is 10.6 Å². The number of hydrogen-bond acceptors (Lipinski definition) is 6. The number of para-hydroxylation sites is 1. The van der Waals surface area contributed by atoms with Gasteiger partial charge in [0.2, 0.25) is 5.89 Å². The van der Waals surface area contributed by atoms with Crippen molar-refractivity contribution in [2.45, 2.75) is 17.9 Å². The maximum absolute atomic E-state index is 11.8. The summed E-state index contributed by atoms with van der Waals surface area (Å²) in [4.78, 5) is 7.15. The minimum atomic E-state index is -3.32. The Morgan fingerprint density at radius 2 is 2.24 bits per heavy atom. The van der Waals surface area contributed by atoms with E-state index in [1.165, 1.54) is 12.6 Å². The molecule has 0 unspecified atom stereocenters. The summed E-state index contributed by atoms with van der Waals surface area (Å²) in [5.41, 5.74) is 1.26. The molecule has 0 bridgehead atoms. The van der Waals surface area contributed by atoms with Crippen LogP contribution in [-0.2, 0) is 22.8 Å². The van der Waals surface area contributed by atoms with Crippen LogP contribution >= 0.6 is 12.2 Å². The molecule has 0 amide bonds. The number of nitrogens with zero attached hydrogens (tertiary/aromatic N) is 3. The molecule has 0 radical (unpaired) electrons. The minimum Gasteiger partial charge on any atom is -0.340 e. The number of H-pyrrole nitrogens is 1. The van der Waals surface area contributed by atoms with Gasteiger partial charge in [-0.15, -0.1) is 0 Å². The Labute approximate surface area is 125 Å². The number of fused-ring (bicyclic) bond motifs is 1. The van der Waals surface area contributed by atoms with Crippen LogP contribution in [0, 0.1) is 4.77 Å². The highest BCUT2D eigenvalue weighted by atomic mass is 32.2. The number of rotatable bonds is 4. The quantitative estimate of drug-likeness (QED) is 0.735. The van der Waals surface area contributed by atoms with Gasteiger partial charge in [0, 0.05) is 19.2 Å². The van der Waals surface area contributed by atoms with Crippen LogP contribution in [0.5, 0.6) is 0 Å². The van der Waals surface area contributed by atoms with Crippen LogP contribution in [0.4, 0.5) is 0 Å². The third kappa shape index (κ3) is 2.61. The van der Waals surface area contributed by atoms with Gasteiger partial charge in [-0.1, -0.05) is 11.2 Å². The van der Waals surface area contributed by atoms with Crippen LogP contribution in [0.25, 0.3) is 11.0 Å². The van der Waals surface area contributed by atoms with Crippen molar-refractivity contribution >= 4 is 33.1 Å². The van der Waals surface area contributed by atoms with Gasteiger partial charge in [-0.3, -0.25) is 0 Å². The lowest BCUT2D eigenvalue weighted by Gasteiger charge is -2.03. The summed E-state index contributed by atoms with van der Waals surface area (Å²) in [6.07, 6.45) is 3.03. The molecule has 0 atom stereocenters. The largest absolute Gasteiger partial charge is 0.340 e. The molecule has 2 aromatic heterocycles. The Bertz CT molecular complexity index is 939. The Morgan fingerprint density at radius 3 is 2.90 bits per heavy atom. The molecule has 7 nitrogen and oxygen atoms in total. The molecule has 1 aromatic carbocycles. The zero-order chi connectivity index (χ0) is 15.0. The first-order valence-electron chi connectivity index (χ1n) is 6.14. The van der Waals surface area contributed by atoms with E-state index in [1.54, 1.807) is 12.1 Å². The monoisotopic (exact) mass is 324 g/mol. The third-order valence-corrected chi connectivity index (χ3v) is 4.59. The Balaban J connectivity index is 2.08. The highest BCUT2D eigenvalue weighted by Gasteiger charge is 2.15. The molecule has 0 saturated heterocycles. The van der Waals surface area contributed by atoms with Gasteiger partial charge in [-0.2, -0.15) is 4.98 Å². The summed E-state index contributed by atoms with van der Waals surface area (Å²) in [6, 6.07) is 5.08. The van der Waals surface area contributed by atoms with Gasteiger partial charge in [0.1, 0.15) is 0 Å². The molecule has 0 aliphatic rings. The zero-order valence-corrected chi connectivity index (χ0v) is 12.7.